The zero-order valence-electron chi connectivity index (χ0n) is 16.0. The summed E-state index contributed by atoms with van der Waals surface area (Å²) in [6.45, 7) is 6.94. The topological polar surface area (TPSA) is 68.8 Å². The van der Waals surface area contributed by atoms with E-state index in [1.165, 1.54) is 7.11 Å². The van der Waals surface area contributed by atoms with Crippen LogP contribution in [0.25, 0.3) is 0 Å². The van der Waals surface area contributed by atoms with Crippen LogP contribution >= 0.6 is 28.1 Å². The minimum Gasteiger partial charge on any atom is -0.490 e. The summed E-state index contributed by atoms with van der Waals surface area (Å²) in [6.07, 6.45) is 2.01. The molecule has 8 heteroatoms. The molecule has 0 saturated carbocycles. The van der Waals surface area contributed by atoms with Crippen molar-refractivity contribution in [3.63, 3.8) is 0 Å². The van der Waals surface area contributed by atoms with E-state index in [0.717, 1.165) is 22.9 Å². The van der Waals surface area contributed by atoms with Gasteiger partial charge in [-0.05, 0) is 50.2 Å². The molecule has 148 valence electrons. The Hall–Kier alpha value is -1.80. The maximum absolute atomic E-state index is 12.4. The molecule has 2 N–H and O–H groups in total. The predicted octanol–water partition coefficient (Wildman–Crippen LogP) is 3.99. The molecular formula is C19H25BrN2O4S. The van der Waals surface area contributed by atoms with Gasteiger partial charge < -0.3 is 24.8 Å². The number of nitrogens with one attached hydrogen (secondary N) is 2. The zero-order valence-corrected chi connectivity index (χ0v) is 18.4. The van der Waals surface area contributed by atoms with E-state index in [1.807, 2.05) is 19.1 Å². The molecule has 1 atom stereocenters. The molecule has 0 saturated heterocycles. The summed E-state index contributed by atoms with van der Waals surface area (Å²) in [4.78, 5) is 12.4. The molecule has 1 aromatic rings. The predicted molar refractivity (Wildman–Crippen MR) is 112 cm³/mol. The van der Waals surface area contributed by atoms with E-state index in [-0.39, 0.29) is 0 Å². The fraction of sp³-hybridized carbons (Fsp3) is 0.474. The highest BCUT2D eigenvalue weighted by Gasteiger charge is 2.32. The van der Waals surface area contributed by atoms with Crippen LogP contribution in [0.4, 0.5) is 0 Å². The second-order valence-corrected chi connectivity index (χ2v) is 7.28. The first-order chi connectivity index (χ1) is 12.9. The summed E-state index contributed by atoms with van der Waals surface area (Å²) in [5.74, 6) is 0.866. The second kappa shape index (κ2) is 9.94. The molecule has 0 aliphatic carbocycles. The van der Waals surface area contributed by atoms with Crippen LogP contribution in [0.1, 0.15) is 45.2 Å². The average molecular weight is 457 g/mol. The lowest BCUT2D eigenvalue weighted by Crippen LogP contribution is -2.45. The van der Waals surface area contributed by atoms with Crippen molar-refractivity contribution < 1.29 is 19.0 Å². The van der Waals surface area contributed by atoms with Crippen molar-refractivity contribution in [1.29, 1.82) is 0 Å². The molecule has 0 amide bonds. The number of unbranched alkanes of at least 4 members (excludes halogenated alkanes) is 1. The van der Waals surface area contributed by atoms with Crippen molar-refractivity contribution in [2.75, 3.05) is 20.3 Å². The first kappa shape index (κ1) is 21.5. The number of rotatable bonds is 8. The number of carbonyl (C=O) groups excluding carboxylic acids is 1. The van der Waals surface area contributed by atoms with Crippen molar-refractivity contribution in [3.8, 4) is 11.5 Å². The smallest absolute Gasteiger partial charge is 0.337 e. The van der Waals surface area contributed by atoms with E-state index in [1.54, 1.807) is 6.92 Å². The molecule has 1 aliphatic heterocycles. The van der Waals surface area contributed by atoms with Gasteiger partial charge in [0.1, 0.15) is 0 Å². The first-order valence-corrected chi connectivity index (χ1v) is 10.1. The molecule has 0 aromatic heterocycles. The van der Waals surface area contributed by atoms with E-state index in [4.69, 9.17) is 26.4 Å². The number of allylic oxidation sites excluding steroid dienone is 1. The fourth-order valence-electron chi connectivity index (χ4n) is 2.79. The van der Waals surface area contributed by atoms with Gasteiger partial charge in [0.25, 0.3) is 0 Å². The monoisotopic (exact) mass is 456 g/mol. The van der Waals surface area contributed by atoms with Crippen molar-refractivity contribution in [2.24, 2.45) is 0 Å². The van der Waals surface area contributed by atoms with Crippen LogP contribution in [0.15, 0.2) is 27.9 Å². The number of esters is 1. The van der Waals surface area contributed by atoms with Gasteiger partial charge in [-0.25, -0.2) is 4.79 Å². The molecule has 1 heterocycles. The van der Waals surface area contributed by atoms with E-state index >= 15 is 0 Å². The van der Waals surface area contributed by atoms with Crippen molar-refractivity contribution in [2.45, 2.75) is 39.7 Å². The summed E-state index contributed by atoms with van der Waals surface area (Å²) in [7, 11) is 1.36. The van der Waals surface area contributed by atoms with E-state index in [0.29, 0.717) is 41.1 Å². The Morgan fingerprint density at radius 2 is 1.96 bits per heavy atom. The quantitative estimate of drug-likeness (QED) is 0.348. The number of thiocarbonyl (C=S) groups is 1. The average Bonchev–Trinajstić information content (AvgIpc) is 2.62. The number of hydrogen-bond acceptors (Lipinski definition) is 5. The molecule has 1 unspecified atom stereocenters. The molecule has 6 nitrogen and oxygen atoms in total. The maximum atomic E-state index is 12.4. The number of halogens is 1. The van der Waals surface area contributed by atoms with Crippen LogP contribution in [-0.4, -0.2) is 31.4 Å². The highest BCUT2D eigenvalue weighted by atomic mass is 79.9. The normalized spacial score (nSPS) is 16.5. The number of benzene rings is 1. The third kappa shape index (κ3) is 5.13. The third-order valence-corrected chi connectivity index (χ3v) is 5.01. The van der Waals surface area contributed by atoms with Gasteiger partial charge in [0.2, 0.25) is 0 Å². The van der Waals surface area contributed by atoms with Crippen molar-refractivity contribution in [1.82, 2.24) is 10.6 Å². The summed E-state index contributed by atoms with van der Waals surface area (Å²) in [6, 6.07) is 3.27. The lowest BCUT2D eigenvalue weighted by atomic mass is 9.95. The van der Waals surface area contributed by atoms with Crippen LogP contribution in [-0.2, 0) is 9.53 Å². The number of ether oxygens (including phenoxy) is 3. The van der Waals surface area contributed by atoms with Crippen LogP contribution < -0.4 is 20.1 Å². The Morgan fingerprint density at radius 3 is 2.59 bits per heavy atom. The molecular weight excluding hydrogens is 432 g/mol. The van der Waals surface area contributed by atoms with Gasteiger partial charge in [-0.2, -0.15) is 0 Å². The van der Waals surface area contributed by atoms with Crippen LogP contribution in [0.5, 0.6) is 11.5 Å². The highest BCUT2D eigenvalue weighted by Crippen LogP contribution is 2.40. The first-order valence-electron chi connectivity index (χ1n) is 8.88. The minimum absolute atomic E-state index is 0.423. The Balaban J connectivity index is 2.49. The van der Waals surface area contributed by atoms with Gasteiger partial charge in [0.15, 0.2) is 16.6 Å². The Morgan fingerprint density at radius 1 is 1.26 bits per heavy atom. The molecule has 0 radical (unpaired) electrons. The molecule has 1 aliphatic rings. The van der Waals surface area contributed by atoms with Gasteiger partial charge in [-0.1, -0.05) is 29.3 Å². The van der Waals surface area contributed by atoms with E-state index < -0.39 is 12.0 Å². The Labute approximate surface area is 173 Å². The van der Waals surface area contributed by atoms with Gasteiger partial charge in [-0.3, -0.25) is 0 Å². The second-order valence-electron chi connectivity index (χ2n) is 6.02. The maximum Gasteiger partial charge on any atom is 0.337 e. The molecule has 1 aromatic carbocycles. The molecule has 0 spiro atoms. The summed E-state index contributed by atoms with van der Waals surface area (Å²) < 4.78 is 17.4. The minimum atomic E-state index is -0.468. The third-order valence-electron chi connectivity index (χ3n) is 4.10. The van der Waals surface area contributed by atoms with E-state index in [9.17, 15) is 4.79 Å². The van der Waals surface area contributed by atoms with Gasteiger partial charge in [-0.15, -0.1) is 0 Å². The van der Waals surface area contributed by atoms with E-state index in [2.05, 4.69) is 33.5 Å². The lowest BCUT2D eigenvalue weighted by molar-refractivity contribution is -0.136. The van der Waals surface area contributed by atoms with Gasteiger partial charge >= 0.3 is 5.97 Å². The summed E-state index contributed by atoms with van der Waals surface area (Å²) >= 11 is 8.88. The molecule has 27 heavy (non-hydrogen) atoms. The largest absolute Gasteiger partial charge is 0.490 e. The molecule has 0 fully saturated rings. The van der Waals surface area contributed by atoms with Crippen LogP contribution in [0.3, 0.4) is 0 Å². The number of carbonyl (C=O) groups is 1. The lowest BCUT2D eigenvalue weighted by Gasteiger charge is -2.30. The summed E-state index contributed by atoms with van der Waals surface area (Å²) in [5, 5.41) is 6.57. The molecule has 0 bridgehead atoms. The fourth-order valence-corrected chi connectivity index (χ4v) is 3.61. The van der Waals surface area contributed by atoms with Crippen molar-refractivity contribution >= 4 is 39.2 Å². The Kier molecular flexibility index (Phi) is 7.91. The van der Waals surface area contributed by atoms with Crippen LogP contribution in [0, 0.1) is 0 Å². The zero-order chi connectivity index (χ0) is 20.0. The standard InChI is InChI=1S/C19H25BrN2O4S/c1-5-7-8-26-15-10-13(20)12(9-14(15)25-6-2)17-16(18(23)24-4)11(3)21-19(27)22-17/h9-10,17H,5-8H2,1-4H3,(H2,21,22,27). The van der Waals surface area contributed by atoms with Crippen molar-refractivity contribution in [3.05, 3.63) is 33.4 Å². The molecule has 2 rings (SSSR count). The number of hydrogen-bond donors (Lipinski definition) is 2. The highest BCUT2D eigenvalue weighted by molar-refractivity contribution is 9.10. The Bertz CT molecular complexity index is 751. The number of methoxy groups -OCH3 is 1. The van der Waals surface area contributed by atoms with Gasteiger partial charge in [0, 0.05) is 10.2 Å². The van der Waals surface area contributed by atoms with Crippen LogP contribution in [0.2, 0.25) is 0 Å². The summed E-state index contributed by atoms with van der Waals surface area (Å²) in [5.41, 5.74) is 1.93. The van der Waals surface area contributed by atoms with Gasteiger partial charge in [0.05, 0.1) is 31.9 Å². The SMILES string of the molecule is CCCCOc1cc(Br)c(C2NC(=S)NC(C)=C2C(=O)OC)cc1OCC.